The first-order chi connectivity index (χ1) is 14.8. The van der Waals surface area contributed by atoms with Gasteiger partial charge in [0.1, 0.15) is 0 Å². The van der Waals surface area contributed by atoms with E-state index in [1.54, 1.807) is 0 Å². The van der Waals surface area contributed by atoms with E-state index in [0.29, 0.717) is 29.0 Å². The molecule has 0 aliphatic carbocycles. The van der Waals surface area contributed by atoms with Gasteiger partial charge in [-0.1, -0.05) is 0 Å². The molecule has 0 saturated carbocycles. The van der Waals surface area contributed by atoms with E-state index in [2.05, 4.69) is 70.5 Å². The van der Waals surface area contributed by atoms with E-state index in [9.17, 15) is 0 Å². The van der Waals surface area contributed by atoms with Crippen LogP contribution in [-0.4, -0.2) is 29.0 Å². The molecule has 4 heteroatoms. The first-order valence-electron chi connectivity index (χ1n) is 9.81. The molecule has 0 bridgehead atoms. The monoisotopic (exact) mass is 548 g/mol. The summed E-state index contributed by atoms with van der Waals surface area (Å²) in [5, 5.41) is 11.2. The summed E-state index contributed by atoms with van der Waals surface area (Å²) in [4.78, 5) is 4.67. The Balaban J connectivity index is 1.49. The quantitative estimate of drug-likeness (QED) is 0.169. The van der Waals surface area contributed by atoms with Gasteiger partial charge in [0.05, 0.1) is 0 Å². The van der Waals surface area contributed by atoms with Gasteiger partial charge in [0.2, 0.25) is 0 Å². The van der Waals surface area contributed by atoms with Gasteiger partial charge in [-0.3, -0.25) is 0 Å². The van der Waals surface area contributed by atoms with Crippen molar-refractivity contribution in [2.75, 3.05) is 0 Å². The van der Waals surface area contributed by atoms with Crippen molar-refractivity contribution in [2.24, 2.45) is 0 Å². The van der Waals surface area contributed by atoms with Crippen LogP contribution in [0.3, 0.4) is 0 Å². The molecule has 140 valence electrons. The second-order valence-corrected chi connectivity index (χ2v) is 14.0. The number of thiophene rings is 2. The Morgan fingerprint density at radius 2 is 0.933 bits per heavy atom. The third-order valence-electron chi connectivity index (χ3n) is 6.14. The summed E-state index contributed by atoms with van der Waals surface area (Å²) in [7, 11) is 0. The normalized spacial score (nSPS) is 12.7. The van der Waals surface area contributed by atoms with Crippen LogP contribution in [0.15, 0.2) is 70.5 Å². The van der Waals surface area contributed by atoms with Crippen LogP contribution in [0.5, 0.6) is 0 Å². The molecule has 0 amide bonds. The van der Waals surface area contributed by atoms with Crippen molar-refractivity contribution < 1.29 is 0 Å². The van der Waals surface area contributed by atoms with Gasteiger partial charge in [0, 0.05) is 0 Å². The molecule has 0 aliphatic heterocycles. The van der Waals surface area contributed by atoms with Crippen molar-refractivity contribution in [3.05, 3.63) is 70.5 Å². The molecule has 4 aromatic heterocycles. The zero-order chi connectivity index (χ0) is 19.4. The molecule has 0 aliphatic rings. The minimum absolute atomic E-state index is 0.497. The van der Waals surface area contributed by atoms with E-state index in [1.165, 1.54) is 70.4 Å². The zero-order valence-corrected chi connectivity index (χ0v) is 20.6. The van der Waals surface area contributed by atoms with E-state index in [-0.39, 0.29) is 0 Å². The summed E-state index contributed by atoms with van der Waals surface area (Å²) < 4.78 is 8.80. The van der Waals surface area contributed by atoms with Crippen LogP contribution in [0.2, 0.25) is 0 Å². The number of rotatable bonds is 0. The molecule has 4 heterocycles. The first-order valence-corrected chi connectivity index (χ1v) is 15.1. The molecule has 0 atom stereocenters. The van der Waals surface area contributed by atoms with E-state index < -0.39 is 0 Å². The number of fused-ring (bicyclic) bond motifs is 9. The van der Waals surface area contributed by atoms with Gasteiger partial charge in [0.15, 0.2) is 0 Å². The molecule has 0 fully saturated rings. The summed E-state index contributed by atoms with van der Waals surface area (Å²) in [6, 6.07) is 23.9. The zero-order valence-electron chi connectivity index (χ0n) is 15.6. The van der Waals surface area contributed by atoms with Crippen molar-refractivity contribution in [1.29, 1.82) is 0 Å². The predicted octanol–water partition coefficient (Wildman–Crippen LogP) is 8.00. The second-order valence-electron chi connectivity index (χ2n) is 7.87. The van der Waals surface area contributed by atoms with Crippen molar-refractivity contribution in [1.82, 2.24) is 0 Å². The third kappa shape index (κ3) is 2.22. The Morgan fingerprint density at radius 3 is 1.43 bits per heavy atom. The molecular weight excluding hydrogens is 534 g/mol. The van der Waals surface area contributed by atoms with E-state index >= 15 is 0 Å². The summed E-state index contributed by atoms with van der Waals surface area (Å²) in [5.74, 6) is 0. The first kappa shape index (κ1) is 16.7. The minimum atomic E-state index is 0.497. The molecule has 8 aromatic rings. The summed E-state index contributed by atoms with van der Waals surface area (Å²) in [5.41, 5.74) is 0. The molecule has 0 saturated heterocycles. The van der Waals surface area contributed by atoms with Gasteiger partial charge in [-0.25, -0.2) is 0 Å². The van der Waals surface area contributed by atoms with Gasteiger partial charge in [0.25, 0.3) is 0 Å². The maximum absolute atomic E-state index is 2.44. The van der Waals surface area contributed by atoms with Crippen LogP contribution in [0.25, 0.3) is 70.4 Å². The van der Waals surface area contributed by atoms with Crippen LogP contribution in [-0.2, 0) is 0 Å². The van der Waals surface area contributed by atoms with Crippen molar-refractivity contribution in [2.45, 2.75) is 0 Å². The molecule has 0 spiro atoms. The van der Waals surface area contributed by atoms with Crippen LogP contribution < -0.4 is 0 Å². The Bertz CT molecular complexity index is 1820. The van der Waals surface area contributed by atoms with Crippen molar-refractivity contribution in [3.8, 4) is 0 Å². The molecule has 0 unspecified atom stereocenters. The van der Waals surface area contributed by atoms with Crippen LogP contribution >= 0.6 is 22.7 Å². The van der Waals surface area contributed by atoms with E-state index in [4.69, 9.17) is 0 Å². The summed E-state index contributed by atoms with van der Waals surface area (Å²) in [6.45, 7) is 0. The van der Waals surface area contributed by atoms with Gasteiger partial charge in [-0.15, -0.1) is 0 Å². The molecule has 30 heavy (non-hydrogen) atoms. The summed E-state index contributed by atoms with van der Waals surface area (Å²) >= 11 is 4.93. The predicted molar refractivity (Wildman–Crippen MR) is 139 cm³/mol. The van der Waals surface area contributed by atoms with Gasteiger partial charge in [-0.2, -0.15) is 0 Å². The molecule has 0 radical (unpaired) electrons. The third-order valence-corrected chi connectivity index (χ3v) is 12.3. The topological polar surface area (TPSA) is 0 Å². The van der Waals surface area contributed by atoms with Gasteiger partial charge in [-0.05, 0) is 0 Å². The molecule has 4 aromatic carbocycles. The Morgan fingerprint density at radius 1 is 0.467 bits per heavy atom. The van der Waals surface area contributed by atoms with E-state index in [1.807, 2.05) is 22.7 Å². The SMILES string of the molecule is c1cc2cc3cc4sc5c6cc7cc8[se]ccc8cc7cc6sc5c4cc3cc2[se]1. The molecule has 0 nitrogen and oxygen atoms in total. The van der Waals surface area contributed by atoms with Crippen LogP contribution in [0, 0.1) is 0 Å². The fourth-order valence-electron chi connectivity index (χ4n) is 4.67. The average Bonchev–Trinajstić information content (AvgIpc) is 3.51. The Kier molecular flexibility index (Phi) is 3.27. The average molecular weight is 546 g/mol. The molecule has 0 N–H and O–H groups in total. The van der Waals surface area contributed by atoms with Crippen LogP contribution in [0.1, 0.15) is 0 Å². The number of hydrogen-bond donors (Lipinski definition) is 0. The Hall–Kier alpha value is -1.90. The standard InChI is InChI=1S/C26H12S2Se2/c1-3-29-23-11-17-7-19-21(9-15(17)5-13(1)23)27-26-20-8-18-12-24-14(2-4-30-24)6-16(18)10-22(20)28-25(19)26/h1-12H. The summed E-state index contributed by atoms with van der Waals surface area (Å²) in [6.07, 6.45) is 0. The fourth-order valence-corrected chi connectivity index (χ4v) is 10.8. The van der Waals surface area contributed by atoms with Crippen LogP contribution in [0.4, 0.5) is 0 Å². The van der Waals surface area contributed by atoms with Gasteiger partial charge < -0.3 is 0 Å². The van der Waals surface area contributed by atoms with E-state index in [0.717, 1.165) is 0 Å². The number of benzene rings is 4. The maximum atomic E-state index is 2.44. The van der Waals surface area contributed by atoms with Crippen molar-refractivity contribution >= 4 is 122 Å². The van der Waals surface area contributed by atoms with Crippen molar-refractivity contribution in [3.63, 3.8) is 0 Å². The molecular formula is C26H12S2Se2. The number of hydrogen-bond acceptors (Lipinski definition) is 2. The second kappa shape index (κ2) is 5.87. The fraction of sp³-hybridized carbons (Fsp3) is 0. The molecule has 8 rings (SSSR count). The Labute approximate surface area is 191 Å². The van der Waals surface area contributed by atoms with Gasteiger partial charge >= 0.3 is 193 Å².